The van der Waals surface area contributed by atoms with Crippen molar-refractivity contribution in [3.05, 3.63) is 0 Å². The molecule has 2 aliphatic rings. The predicted octanol–water partition coefficient (Wildman–Crippen LogP) is 7.37. The fourth-order valence-electron chi connectivity index (χ4n) is 5.10. The first kappa shape index (κ1) is 17.4. The molecule has 21 heavy (non-hydrogen) atoms. The SMILES string of the molecule is CCCCC1CCC(C2CCC(C)(CCCC)CC2)CC1. The molecule has 0 saturated heterocycles. The smallest absolute Gasteiger partial charge is 0.0326 e. The van der Waals surface area contributed by atoms with Gasteiger partial charge in [-0.1, -0.05) is 65.7 Å². The summed E-state index contributed by atoms with van der Waals surface area (Å²) in [5.74, 6) is 3.27. The molecule has 0 N–H and O–H groups in total. The highest BCUT2D eigenvalue weighted by molar-refractivity contribution is 4.86. The summed E-state index contributed by atoms with van der Waals surface area (Å²) < 4.78 is 0. The van der Waals surface area contributed by atoms with Crippen LogP contribution in [0, 0.1) is 23.2 Å². The largest absolute Gasteiger partial charge is 0.0654 e. The van der Waals surface area contributed by atoms with E-state index < -0.39 is 0 Å². The molecule has 124 valence electrons. The van der Waals surface area contributed by atoms with Gasteiger partial charge in [0, 0.05) is 0 Å². The number of hydrogen-bond acceptors (Lipinski definition) is 0. The third-order valence-corrected chi connectivity index (χ3v) is 6.90. The Balaban J connectivity index is 1.69. The molecule has 0 bridgehead atoms. The fraction of sp³-hybridized carbons (Fsp3) is 1.00. The van der Waals surface area contributed by atoms with Crippen LogP contribution in [-0.4, -0.2) is 0 Å². The van der Waals surface area contributed by atoms with Crippen LogP contribution >= 0.6 is 0 Å². The van der Waals surface area contributed by atoms with Crippen LogP contribution < -0.4 is 0 Å². The zero-order chi connectivity index (χ0) is 15.1. The Kier molecular flexibility index (Phi) is 7.10. The summed E-state index contributed by atoms with van der Waals surface area (Å²) in [7, 11) is 0. The minimum Gasteiger partial charge on any atom is -0.0654 e. The van der Waals surface area contributed by atoms with Crippen molar-refractivity contribution in [1.82, 2.24) is 0 Å². The van der Waals surface area contributed by atoms with E-state index in [4.69, 9.17) is 0 Å². The first-order valence-electron chi connectivity index (χ1n) is 10.2. The molecule has 0 aliphatic heterocycles. The lowest BCUT2D eigenvalue weighted by Crippen LogP contribution is -2.30. The van der Waals surface area contributed by atoms with Gasteiger partial charge >= 0.3 is 0 Å². The molecule has 0 radical (unpaired) electrons. The van der Waals surface area contributed by atoms with Crippen molar-refractivity contribution in [2.75, 3.05) is 0 Å². The van der Waals surface area contributed by atoms with E-state index in [1.165, 1.54) is 51.4 Å². The summed E-state index contributed by atoms with van der Waals surface area (Å²) in [4.78, 5) is 0. The minimum absolute atomic E-state index is 0.699. The maximum absolute atomic E-state index is 2.57. The van der Waals surface area contributed by atoms with Crippen molar-refractivity contribution >= 4 is 0 Å². The average molecular weight is 293 g/mol. The summed E-state index contributed by atoms with van der Waals surface area (Å²) in [5, 5.41) is 0. The lowest BCUT2D eigenvalue weighted by atomic mass is 9.63. The molecule has 0 heteroatoms. The minimum atomic E-state index is 0.699. The summed E-state index contributed by atoms with van der Waals surface area (Å²) in [6.07, 6.45) is 21.0. The molecule has 0 amide bonds. The van der Waals surface area contributed by atoms with E-state index in [0.717, 1.165) is 17.8 Å². The molecule has 2 rings (SSSR count). The van der Waals surface area contributed by atoms with E-state index in [1.54, 1.807) is 38.5 Å². The van der Waals surface area contributed by atoms with Crippen LogP contribution in [0.1, 0.15) is 111 Å². The van der Waals surface area contributed by atoms with Gasteiger partial charge in [0.15, 0.2) is 0 Å². The summed E-state index contributed by atoms with van der Waals surface area (Å²) in [6.45, 7) is 7.25. The van der Waals surface area contributed by atoms with Gasteiger partial charge in [-0.25, -0.2) is 0 Å². The Morgan fingerprint density at radius 3 is 1.90 bits per heavy atom. The Hall–Kier alpha value is 0. The highest BCUT2D eigenvalue weighted by atomic mass is 14.4. The third kappa shape index (κ3) is 5.29. The zero-order valence-electron chi connectivity index (χ0n) is 15.1. The van der Waals surface area contributed by atoms with Crippen LogP contribution in [0.2, 0.25) is 0 Å². The van der Waals surface area contributed by atoms with Gasteiger partial charge in [-0.2, -0.15) is 0 Å². The normalized spacial score (nSPS) is 37.6. The second kappa shape index (κ2) is 8.59. The third-order valence-electron chi connectivity index (χ3n) is 6.90. The second-order valence-corrected chi connectivity index (χ2v) is 8.67. The topological polar surface area (TPSA) is 0 Å². The Morgan fingerprint density at radius 2 is 1.33 bits per heavy atom. The zero-order valence-corrected chi connectivity index (χ0v) is 15.1. The van der Waals surface area contributed by atoms with Gasteiger partial charge < -0.3 is 0 Å². The second-order valence-electron chi connectivity index (χ2n) is 8.67. The number of unbranched alkanes of at least 4 members (excludes halogenated alkanes) is 2. The van der Waals surface area contributed by atoms with Crippen molar-refractivity contribution in [1.29, 1.82) is 0 Å². The van der Waals surface area contributed by atoms with Crippen LogP contribution in [0.5, 0.6) is 0 Å². The maximum atomic E-state index is 2.57. The molecule has 0 unspecified atom stereocenters. The van der Waals surface area contributed by atoms with Crippen molar-refractivity contribution in [2.45, 2.75) is 111 Å². The molecule has 0 heterocycles. The van der Waals surface area contributed by atoms with E-state index in [2.05, 4.69) is 20.8 Å². The molecule has 2 aliphatic carbocycles. The Labute approximate surface area is 134 Å². The van der Waals surface area contributed by atoms with Gasteiger partial charge in [-0.05, 0) is 68.1 Å². The fourth-order valence-corrected chi connectivity index (χ4v) is 5.10. The van der Waals surface area contributed by atoms with Crippen molar-refractivity contribution in [3.63, 3.8) is 0 Å². The first-order valence-corrected chi connectivity index (χ1v) is 10.2. The van der Waals surface area contributed by atoms with Crippen molar-refractivity contribution < 1.29 is 0 Å². The van der Waals surface area contributed by atoms with Crippen LogP contribution in [0.25, 0.3) is 0 Å². The quantitative estimate of drug-likeness (QED) is 0.459. The van der Waals surface area contributed by atoms with E-state index in [1.807, 2.05) is 0 Å². The van der Waals surface area contributed by atoms with Gasteiger partial charge in [0.2, 0.25) is 0 Å². The average Bonchev–Trinajstić information content (AvgIpc) is 2.52. The molecule has 0 spiro atoms. The number of hydrogen-bond donors (Lipinski definition) is 0. The van der Waals surface area contributed by atoms with Crippen molar-refractivity contribution in [2.24, 2.45) is 23.2 Å². The van der Waals surface area contributed by atoms with E-state index in [0.29, 0.717) is 5.41 Å². The van der Waals surface area contributed by atoms with Crippen molar-refractivity contribution in [3.8, 4) is 0 Å². The summed E-state index contributed by atoms with van der Waals surface area (Å²) >= 11 is 0. The predicted molar refractivity (Wildman–Crippen MR) is 94.6 cm³/mol. The van der Waals surface area contributed by atoms with E-state index >= 15 is 0 Å². The molecule has 0 nitrogen and oxygen atoms in total. The first-order chi connectivity index (χ1) is 10.2. The Bertz CT molecular complexity index is 264. The lowest BCUT2D eigenvalue weighted by molar-refractivity contribution is 0.0953. The van der Waals surface area contributed by atoms with Gasteiger partial charge in [-0.15, -0.1) is 0 Å². The molecule has 0 aromatic carbocycles. The molecule has 2 fully saturated rings. The van der Waals surface area contributed by atoms with Crippen LogP contribution in [-0.2, 0) is 0 Å². The molecular formula is C21H40. The number of rotatable bonds is 7. The summed E-state index contributed by atoms with van der Waals surface area (Å²) in [6, 6.07) is 0. The molecule has 0 atom stereocenters. The van der Waals surface area contributed by atoms with Gasteiger partial charge in [0.1, 0.15) is 0 Å². The van der Waals surface area contributed by atoms with E-state index in [9.17, 15) is 0 Å². The standard InChI is InChI=1S/C21H40/c1-4-6-8-18-9-11-19(12-10-18)20-13-16-21(3,17-14-20)15-7-5-2/h18-20H,4-17H2,1-3H3. The van der Waals surface area contributed by atoms with Gasteiger partial charge in [0.25, 0.3) is 0 Å². The van der Waals surface area contributed by atoms with Crippen LogP contribution in [0.15, 0.2) is 0 Å². The molecule has 0 aromatic heterocycles. The van der Waals surface area contributed by atoms with Gasteiger partial charge in [0.05, 0.1) is 0 Å². The lowest BCUT2D eigenvalue weighted by Gasteiger charge is -2.42. The monoisotopic (exact) mass is 292 g/mol. The van der Waals surface area contributed by atoms with Crippen LogP contribution in [0.4, 0.5) is 0 Å². The van der Waals surface area contributed by atoms with Gasteiger partial charge in [-0.3, -0.25) is 0 Å². The molecule has 0 aromatic rings. The summed E-state index contributed by atoms with van der Waals surface area (Å²) in [5.41, 5.74) is 0.699. The molecule has 2 saturated carbocycles. The van der Waals surface area contributed by atoms with E-state index in [-0.39, 0.29) is 0 Å². The Morgan fingerprint density at radius 1 is 0.762 bits per heavy atom. The maximum Gasteiger partial charge on any atom is -0.0326 e. The highest BCUT2D eigenvalue weighted by Crippen LogP contribution is 2.47. The highest BCUT2D eigenvalue weighted by Gasteiger charge is 2.35. The molecular weight excluding hydrogens is 252 g/mol. The van der Waals surface area contributed by atoms with Crippen LogP contribution in [0.3, 0.4) is 0 Å².